The maximum atomic E-state index is 11.9. The molecule has 0 bridgehead atoms. The summed E-state index contributed by atoms with van der Waals surface area (Å²) in [5, 5.41) is 11.5. The van der Waals surface area contributed by atoms with Crippen LogP contribution in [0.4, 0.5) is 0 Å². The van der Waals surface area contributed by atoms with E-state index in [-0.39, 0.29) is 5.69 Å². The van der Waals surface area contributed by atoms with Crippen molar-refractivity contribution in [3.05, 3.63) is 45.9 Å². The minimum absolute atomic E-state index is 0.0727. The van der Waals surface area contributed by atoms with Crippen LogP contribution >= 0.6 is 11.8 Å². The number of aromatic nitrogens is 3. The van der Waals surface area contributed by atoms with E-state index in [1.807, 2.05) is 11.6 Å². The first-order valence-electron chi connectivity index (χ1n) is 7.36. The van der Waals surface area contributed by atoms with Crippen LogP contribution in [0.5, 0.6) is 0 Å². The van der Waals surface area contributed by atoms with Crippen molar-refractivity contribution >= 4 is 11.8 Å². The number of fused-ring (bicyclic) bond motifs is 1. The highest BCUT2D eigenvalue weighted by atomic mass is 32.2. The summed E-state index contributed by atoms with van der Waals surface area (Å²) in [4.78, 5) is 11.9. The van der Waals surface area contributed by atoms with Gasteiger partial charge in [-0.2, -0.15) is 0 Å². The van der Waals surface area contributed by atoms with Gasteiger partial charge in [-0.3, -0.25) is 4.57 Å². The lowest BCUT2D eigenvalue weighted by Gasteiger charge is -2.19. The summed E-state index contributed by atoms with van der Waals surface area (Å²) >= 11 is 1.71. The van der Waals surface area contributed by atoms with Crippen molar-refractivity contribution in [1.29, 1.82) is 0 Å². The molecule has 5 nitrogen and oxygen atoms in total. The second-order valence-corrected chi connectivity index (χ2v) is 6.94. The highest BCUT2D eigenvalue weighted by molar-refractivity contribution is 7.99. The Morgan fingerprint density at radius 1 is 1.38 bits per heavy atom. The Labute approximate surface area is 127 Å². The molecule has 110 valence electrons. The zero-order valence-corrected chi connectivity index (χ0v) is 12.7. The van der Waals surface area contributed by atoms with Crippen LogP contribution in [0.1, 0.15) is 36.1 Å². The Hall–Kier alpha value is -1.53. The lowest BCUT2D eigenvalue weighted by atomic mass is 10.1. The molecular weight excluding hydrogens is 284 g/mol. The molecule has 1 heterocycles. The number of nitrogens with one attached hydrogen (secondary N) is 2. The largest absolute Gasteiger partial charge is 0.344 e. The van der Waals surface area contributed by atoms with E-state index in [9.17, 15) is 4.79 Å². The average molecular weight is 302 g/mol. The van der Waals surface area contributed by atoms with Gasteiger partial charge in [-0.05, 0) is 37.4 Å². The predicted molar refractivity (Wildman–Crippen MR) is 82.7 cm³/mol. The van der Waals surface area contributed by atoms with E-state index in [0.29, 0.717) is 17.3 Å². The third kappa shape index (κ3) is 2.22. The van der Waals surface area contributed by atoms with Crippen LogP contribution in [-0.2, 0) is 6.42 Å². The molecule has 1 fully saturated rings. The summed E-state index contributed by atoms with van der Waals surface area (Å²) in [6, 6.07) is 9.23. The highest BCUT2D eigenvalue weighted by Gasteiger charge is 2.35. The highest BCUT2D eigenvalue weighted by Crippen LogP contribution is 2.42. The van der Waals surface area contributed by atoms with Crippen LogP contribution in [0.25, 0.3) is 0 Å². The minimum atomic E-state index is -0.0727. The maximum Gasteiger partial charge on any atom is 0.344 e. The van der Waals surface area contributed by atoms with E-state index in [0.717, 1.165) is 24.4 Å². The second-order valence-electron chi connectivity index (χ2n) is 5.74. The molecule has 4 rings (SSSR count). The van der Waals surface area contributed by atoms with Crippen LogP contribution < -0.4 is 11.0 Å². The molecule has 2 atom stereocenters. The molecule has 2 aliphatic carbocycles. The zero-order chi connectivity index (χ0) is 14.4. The van der Waals surface area contributed by atoms with Crippen LogP contribution in [0.3, 0.4) is 0 Å². The number of aromatic amines is 1. The minimum Gasteiger partial charge on any atom is -0.312 e. The molecule has 0 spiro atoms. The number of H-pyrrole nitrogens is 1. The molecule has 2 N–H and O–H groups in total. The molecule has 0 aliphatic heterocycles. The normalized spacial score (nSPS) is 24.2. The summed E-state index contributed by atoms with van der Waals surface area (Å²) in [7, 11) is 2.00. The molecule has 1 aromatic heterocycles. The fourth-order valence-electron chi connectivity index (χ4n) is 3.17. The van der Waals surface area contributed by atoms with Gasteiger partial charge in [0.05, 0.1) is 0 Å². The molecule has 2 aliphatic rings. The van der Waals surface area contributed by atoms with Gasteiger partial charge in [0.15, 0.2) is 5.16 Å². The van der Waals surface area contributed by atoms with Crippen LogP contribution in [0.2, 0.25) is 0 Å². The van der Waals surface area contributed by atoms with Crippen molar-refractivity contribution < 1.29 is 0 Å². The monoisotopic (exact) mass is 302 g/mol. The van der Waals surface area contributed by atoms with Crippen LogP contribution in [0, 0.1) is 0 Å². The fraction of sp³-hybridized carbons (Fsp3) is 0.467. The van der Waals surface area contributed by atoms with Gasteiger partial charge in [-0.15, -0.1) is 5.10 Å². The summed E-state index contributed by atoms with van der Waals surface area (Å²) in [5.74, 6) is 0. The average Bonchev–Trinajstić information content (AvgIpc) is 3.17. The van der Waals surface area contributed by atoms with Crippen molar-refractivity contribution in [1.82, 2.24) is 20.1 Å². The number of rotatable bonds is 4. The third-order valence-electron chi connectivity index (χ3n) is 4.33. The van der Waals surface area contributed by atoms with Gasteiger partial charge in [0, 0.05) is 17.3 Å². The molecule has 2 aromatic rings. The van der Waals surface area contributed by atoms with Crippen molar-refractivity contribution in [2.45, 2.75) is 41.8 Å². The quantitative estimate of drug-likeness (QED) is 0.905. The molecule has 6 heteroatoms. The Kier molecular flexibility index (Phi) is 3.15. The topological polar surface area (TPSA) is 62.7 Å². The van der Waals surface area contributed by atoms with Crippen LogP contribution in [0.15, 0.2) is 34.2 Å². The van der Waals surface area contributed by atoms with Gasteiger partial charge in [-0.25, -0.2) is 9.89 Å². The third-order valence-corrected chi connectivity index (χ3v) is 5.58. The molecular formula is C15H18N4OS. The van der Waals surface area contributed by atoms with E-state index in [2.05, 4.69) is 39.8 Å². The van der Waals surface area contributed by atoms with Crippen LogP contribution in [-0.4, -0.2) is 27.1 Å². The lowest BCUT2D eigenvalue weighted by Crippen LogP contribution is -2.24. The van der Waals surface area contributed by atoms with Gasteiger partial charge >= 0.3 is 5.69 Å². The van der Waals surface area contributed by atoms with Crippen molar-refractivity contribution in [2.24, 2.45) is 0 Å². The van der Waals surface area contributed by atoms with Gasteiger partial charge in [0.2, 0.25) is 0 Å². The van der Waals surface area contributed by atoms with E-state index < -0.39 is 0 Å². The summed E-state index contributed by atoms with van der Waals surface area (Å²) in [5.41, 5.74) is 2.69. The fourth-order valence-corrected chi connectivity index (χ4v) is 4.57. The maximum absolute atomic E-state index is 11.9. The van der Waals surface area contributed by atoms with Gasteiger partial charge in [0.1, 0.15) is 0 Å². The van der Waals surface area contributed by atoms with Gasteiger partial charge < -0.3 is 5.32 Å². The van der Waals surface area contributed by atoms with Gasteiger partial charge in [0.25, 0.3) is 0 Å². The van der Waals surface area contributed by atoms with E-state index in [1.54, 1.807) is 11.8 Å². The lowest BCUT2D eigenvalue weighted by molar-refractivity contribution is 0.595. The first-order valence-corrected chi connectivity index (χ1v) is 8.24. The molecule has 0 saturated heterocycles. The SMILES string of the molecule is CNC1c2ccccc2CC1Sc1n[nH]c(=O)n1C1CC1. The second kappa shape index (κ2) is 5.03. The standard InChI is InChI=1S/C15H18N4OS/c1-16-13-11-5-3-2-4-9(11)8-12(13)21-15-18-17-14(20)19(15)10-6-7-10/h2-5,10,12-13,16H,6-8H2,1H3,(H,17,20). The van der Waals surface area contributed by atoms with Crippen molar-refractivity contribution in [2.75, 3.05) is 7.05 Å². The van der Waals surface area contributed by atoms with E-state index in [4.69, 9.17) is 0 Å². The molecule has 1 saturated carbocycles. The van der Waals surface area contributed by atoms with Crippen molar-refractivity contribution in [3.63, 3.8) is 0 Å². The summed E-state index contributed by atoms with van der Waals surface area (Å²) in [6.07, 6.45) is 3.19. The number of hydrogen-bond donors (Lipinski definition) is 2. The summed E-state index contributed by atoms with van der Waals surface area (Å²) in [6.45, 7) is 0. The predicted octanol–water partition coefficient (Wildman–Crippen LogP) is 1.88. The summed E-state index contributed by atoms with van der Waals surface area (Å²) < 4.78 is 1.83. The molecule has 1 aromatic carbocycles. The number of hydrogen-bond acceptors (Lipinski definition) is 4. The smallest absolute Gasteiger partial charge is 0.312 e. The Balaban J connectivity index is 1.62. The number of benzene rings is 1. The Morgan fingerprint density at radius 2 is 2.19 bits per heavy atom. The molecule has 0 amide bonds. The molecule has 0 radical (unpaired) electrons. The first kappa shape index (κ1) is 13.2. The number of thioether (sulfide) groups is 1. The Bertz CT molecular complexity index is 718. The molecule has 2 unspecified atom stereocenters. The van der Waals surface area contributed by atoms with Gasteiger partial charge in [-0.1, -0.05) is 36.0 Å². The number of nitrogens with zero attached hydrogens (tertiary/aromatic N) is 2. The zero-order valence-electron chi connectivity index (χ0n) is 11.9. The van der Waals surface area contributed by atoms with Crippen molar-refractivity contribution in [3.8, 4) is 0 Å². The first-order chi connectivity index (χ1) is 10.3. The van der Waals surface area contributed by atoms with E-state index in [1.165, 1.54) is 11.1 Å². The Morgan fingerprint density at radius 3 is 2.95 bits per heavy atom. The van der Waals surface area contributed by atoms with E-state index >= 15 is 0 Å². The molecule has 21 heavy (non-hydrogen) atoms.